The number of hydrogen-bond donors (Lipinski definition) is 8. The number of aliphatic hydroxyl groups excluding tert-OH is 8. The molecular formula is C43H68O17. The maximum atomic E-state index is 14.4. The van der Waals surface area contributed by atoms with Gasteiger partial charge < -0.3 is 78.7 Å². The average molecular weight is 857 g/mol. The van der Waals surface area contributed by atoms with Crippen LogP contribution in [0.2, 0.25) is 0 Å². The molecule has 342 valence electrons. The molecule has 9 aliphatic rings. The Bertz CT molecular complexity index is 1550. The molecule has 0 aromatic carbocycles. The SMILES string of the molecule is C[C@@H]1CC[C@@]2(OC1)O[C@H]1C[C@@H]3[C@@H]4CC(=O)[C@H]5C[C@@H](O[C@@H]6O[C@H](CO[C@@H]7OC[C@H](O)[C@H](O)[C@H]7O)[C@@H](O[C@@H]7OC[C@@H](O)[C@H](O)[C@H]7O)[C@H](O)[C@H]6O)CC[C@]5(C)[C@H]4CC[C@]3(C)[C@H]1[C@@H]2C. The molecule has 0 bridgehead atoms. The Morgan fingerprint density at radius 2 is 1.37 bits per heavy atom. The minimum atomic E-state index is -1.71. The first-order valence-electron chi connectivity index (χ1n) is 22.6. The lowest BCUT2D eigenvalue weighted by Gasteiger charge is -2.60. The van der Waals surface area contributed by atoms with Crippen LogP contribution in [0.15, 0.2) is 0 Å². The zero-order valence-corrected chi connectivity index (χ0v) is 35.1. The van der Waals surface area contributed by atoms with Gasteiger partial charge in [-0.25, -0.2) is 0 Å². The number of fused-ring (bicyclic) bond motifs is 7. The summed E-state index contributed by atoms with van der Waals surface area (Å²) in [6.45, 7) is 8.90. The van der Waals surface area contributed by atoms with Gasteiger partial charge in [-0.05, 0) is 85.4 Å². The van der Waals surface area contributed by atoms with Crippen LogP contribution in [0.25, 0.3) is 0 Å². The molecule has 4 aliphatic carbocycles. The smallest absolute Gasteiger partial charge is 0.186 e. The van der Waals surface area contributed by atoms with Gasteiger partial charge in [-0.15, -0.1) is 0 Å². The lowest BCUT2D eigenvalue weighted by atomic mass is 9.44. The molecule has 25 atom stereocenters. The highest BCUT2D eigenvalue weighted by atomic mass is 16.8. The maximum Gasteiger partial charge on any atom is 0.186 e. The first-order valence-corrected chi connectivity index (χ1v) is 22.6. The quantitative estimate of drug-likeness (QED) is 0.153. The van der Waals surface area contributed by atoms with E-state index >= 15 is 0 Å². The van der Waals surface area contributed by atoms with Crippen molar-refractivity contribution in [2.24, 2.45) is 52.3 Å². The maximum absolute atomic E-state index is 14.4. The fourth-order valence-electron chi connectivity index (χ4n) is 13.8. The Labute approximate surface area is 350 Å². The molecule has 0 radical (unpaired) electrons. The molecule has 9 rings (SSSR count). The van der Waals surface area contributed by atoms with Gasteiger partial charge in [-0.1, -0.05) is 27.7 Å². The Morgan fingerprint density at radius 3 is 2.07 bits per heavy atom. The predicted molar refractivity (Wildman–Crippen MR) is 204 cm³/mol. The molecule has 0 unspecified atom stereocenters. The van der Waals surface area contributed by atoms with E-state index in [1.54, 1.807) is 0 Å². The monoisotopic (exact) mass is 856 g/mol. The van der Waals surface area contributed by atoms with Gasteiger partial charge in [0.15, 0.2) is 24.7 Å². The van der Waals surface area contributed by atoms with Crippen LogP contribution in [-0.4, -0.2) is 171 Å². The van der Waals surface area contributed by atoms with E-state index < -0.39 is 98.4 Å². The van der Waals surface area contributed by atoms with Crippen molar-refractivity contribution < 1.29 is 83.5 Å². The highest BCUT2D eigenvalue weighted by Gasteiger charge is 2.70. The van der Waals surface area contributed by atoms with Gasteiger partial charge in [-0.2, -0.15) is 0 Å². The summed E-state index contributed by atoms with van der Waals surface area (Å²) in [5, 5.41) is 84.3. The van der Waals surface area contributed by atoms with E-state index in [1.165, 1.54) is 0 Å². The molecule has 60 heavy (non-hydrogen) atoms. The molecule has 17 nitrogen and oxygen atoms in total. The summed E-state index contributed by atoms with van der Waals surface area (Å²) in [5.74, 6) is 1.79. The second kappa shape index (κ2) is 16.5. The van der Waals surface area contributed by atoms with E-state index in [2.05, 4.69) is 27.7 Å². The van der Waals surface area contributed by atoms with Gasteiger partial charge in [0.25, 0.3) is 0 Å². The van der Waals surface area contributed by atoms with Crippen LogP contribution in [0.3, 0.4) is 0 Å². The van der Waals surface area contributed by atoms with E-state index in [0.717, 1.165) is 45.1 Å². The Balaban J connectivity index is 0.871. The summed E-state index contributed by atoms with van der Waals surface area (Å²) in [5.41, 5.74) is -0.152. The minimum Gasteiger partial charge on any atom is -0.388 e. The fourth-order valence-corrected chi connectivity index (χ4v) is 13.8. The summed E-state index contributed by atoms with van der Waals surface area (Å²) < 4.78 is 48.5. The molecule has 5 aliphatic heterocycles. The second-order valence-corrected chi connectivity index (χ2v) is 20.6. The number of Topliss-reactive ketones (excluding diaryl/α,β-unsaturated/α-hetero) is 1. The van der Waals surface area contributed by atoms with Gasteiger partial charge in [0.2, 0.25) is 0 Å². The molecule has 5 heterocycles. The lowest BCUT2D eigenvalue weighted by molar-refractivity contribution is -0.361. The molecule has 0 amide bonds. The number of hydrogen-bond acceptors (Lipinski definition) is 17. The fraction of sp³-hybridized carbons (Fsp3) is 0.977. The van der Waals surface area contributed by atoms with Crippen molar-refractivity contribution in [3.63, 3.8) is 0 Å². The molecular weight excluding hydrogens is 788 g/mol. The van der Waals surface area contributed by atoms with Gasteiger partial charge >= 0.3 is 0 Å². The van der Waals surface area contributed by atoms with E-state index in [4.69, 9.17) is 37.9 Å². The molecule has 0 aromatic rings. The number of carbonyl (C=O) groups is 1. The zero-order chi connectivity index (χ0) is 42.6. The van der Waals surface area contributed by atoms with Crippen molar-refractivity contribution in [3.8, 4) is 0 Å². The van der Waals surface area contributed by atoms with Crippen molar-refractivity contribution in [1.29, 1.82) is 0 Å². The standard InChI is InChI=1S/C43H68O17/c1-18-5-10-43(56-14-18)19(2)30-28(60-43)13-23-21-12-25(44)24-11-20(6-8-41(24,3)22(21)7-9-42(23,30)4)57-40-36(52)33(49)37(59-39-35(51)32(48)27(46)16-54-39)29(58-40)17-55-38-34(50)31(47)26(45)15-53-38/h18-24,26-40,45-52H,5-17H2,1-4H3/t18-,19+,20+,21-,22+,23-,24-,26+,27-,28+,29-,30+,31+,32+,33-,34-,35-,36-,37-,38+,39+,40-,41-,42+,43-/m1/s1. The largest absolute Gasteiger partial charge is 0.388 e. The number of aliphatic hydroxyl groups is 8. The van der Waals surface area contributed by atoms with Gasteiger partial charge in [-0.3, -0.25) is 4.79 Å². The lowest BCUT2D eigenvalue weighted by Crippen LogP contribution is -2.64. The van der Waals surface area contributed by atoms with Crippen LogP contribution in [0.4, 0.5) is 0 Å². The van der Waals surface area contributed by atoms with Crippen LogP contribution in [0, 0.1) is 52.3 Å². The van der Waals surface area contributed by atoms with Crippen LogP contribution in [0.1, 0.15) is 85.5 Å². The predicted octanol–water partition coefficient (Wildman–Crippen LogP) is -0.276. The first kappa shape index (κ1) is 44.2. The van der Waals surface area contributed by atoms with E-state index in [9.17, 15) is 45.6 Å². The Morgan fingerprint density at radius 1 is 0.700 bits per heavy atom. The van der Waals surface area contributed by atoms with Crippen molar-refractivity contribution >= 4 is 5.78 Å². The minimum absolute atomic E-state index is 0.0760. The molecule has 8 N–H and O–H groups in total. The second-order valence-electron chi connectivity index (χ2n) is 20.6. The third-order valence-electron chi connectivity index (χ3n) is 17.3. The molecule has 9 fully saturated rings. The third-order valence-corrected chi connectivity index (χ3v) is 17.3. The zero-order valence-electron chi connectivity index (χ0n) is 35.1. The first-order chi connectivity index (χ1) is 28.5. The summed E-state index contributed by atoms with van der Waals surface area (Å²) >= 11 is 0. The van der Waals surface area contributed by atoms with Crippen molar-refractivity contribution in [2.45, 2.75) is 183 Å². The molecule has 1 spiro atoms. The molecule has 5 saturated heterocycles. The number of ether oxygens (including phenoxy) is 8. The number of carbonyl (C=O) groups excluding carboxylic acids is 1. The Hall–Kier alpha value is -0.970. The van der Waals surface area contributed by atoms with E-state index in [-0.39, 0.29) is 47.8 Å². The molecule has 4 saturated carbocycles. The van der Waals surface area contributed by atoms with E-state index in [1.807, 2.05) is 0 Å². The topological polar surface area (TPSA) is 253 Å². The number of ketones is 1. The van der Waals surface area contributed by atoms with Gasteiger partial charge in [0.1, 0.15) is 66.8 Å². The van der Waals surface area contributed by atoms with Crippen LogP contribution >= 0.6 is 0 Å². The van der Waals surface area contributed by atoms with Gasteiger partial charge in [0.05, 0.1) is 38.6 Å². The highest BCUT2D eigenvalue weighted by molar-refractivity contribution is 5.83. The highest BCUT2D eigenvalue weighted by Crippen LogP contribution is 2.71. The third kappa shape index (κ3) is 7.26. The average Bonchev–Trinajstić information content (AvgIpc) is 3.67. The van der Waals surface area contributed by atoms with Crippen LogP contribution in [0.5, 0.6) is 0 Å². The summed E-state index contributed by atoms with van der Waals surface area (Å²) in [6, 6.07) is 0. The normalized spacial score (nSPS) is 58.0. The molecule has 0 aromatic heterocycles. The summed E-state index contributed by atoms with van der Waals surface area (Å²) in [6.07, 6.45) is -12.5. The van der Waals surface area contributed by atoms with Crippen LogP contribution < -0.4 is 0 Å². The summed E-state index contributed by atoms with van der Waals surface area (Å²) in [7, 11) is 0. The molecule has 17 heteroatoms. The van der Waals surface area contributed by atoms with Crippen molar-refractivity contribution in [2.75, 3.05) is 26.4 Å². The van der Waals surface area contributed by atoms with E-state index in [0.29, 0.717) is 48.9 Å². The van der Waals surface area contributed by atoms with Crippen molar-refractivity contribution in [3.05, 3.63) is 0 Å². The van der Waals surface area contributed by atoms with Gasteiger partial charge in [0, 0.05) is 24.7 Å². The van der Waals surface area contributed by atoms with Crippen molar-refractivity contribution in [1.82, 2.24) is 0 Å². The number of rotatable bonds is 7. The Kier molecular flexibility index (Phi) is 12.1. The summed E-state index contributed by atoms with van der Waals surface area (Å²) in [4.78, 5) is 14.4. The van der Waals surface area contributed by atoms with Crippen LogP contribution in [-0.2, 0) is 42.7 Å².